The van der Waals surface area contributed by atoms with Gasteiger partial charge in [-0.1, -0.05) is 29.6 Å². The van der Waals surface area contributed by atoms with Crippen molar-refractivity contribution in [2.45, 2.75) is 38.3 Å². The Kier molecular flexibility index (Phi) is 5.97. The van der Waals surface area contributed by atoms with Crippen molar-refractivity contribution < 1.29 is 4.74 Å². The van der Waals surface area contributed by atoms with E-state index in [0.717, 1.165) is 13.1 Å². The van der Waals surface area contributed by atoms with E-state index >= 15 is 0 Å². The zero-order chi connectivity index (χ0) is 14.5. The molecule has 1 heterocycles. The molecule has 2 rings (SSSR count). The molecule has 1 aromatic carbocycles. The van der Waals surface area contributed by atoms with Crippen LogP contribution in [0.15, 0.2) is 18.2 Å². The highest BCUT2D eigenvalue weighted by molar-refractivity contribution is 6.35. The summed E-state index contributed by atoms with van der Waals surface area (Å²) in [6.45, 7) is 4.68. The lowest BCUT2D eigenvalue weighted by Gasteiger charge is -2.37. The zero-order valence-corrected chi connectivity index (χ0v) is 13.3. The molecule has 0 radical (unpaired) electrons. The van der Waals surface area contributed by atoms with Crippen molar-refractivity contribution in [3.63, 3.8) is 0 Å². The molecule has 112 valence electrons. The maximum Gasteiger partial charge on any atom is 0.138 e. The van der Waals surface area contributed by atoms with E-state index in [0.29, 0.717) is 28.4 Å². The predicted octanol–water partition coefficient (Wildman–Crippen LogP) is 3.57. The molecule has 0 spiro atoms. The smallest absolute Gasteiger partial charge is 0.138 e. The first kappa shape index (κ1) is 15.9. The zero-order valence-electron chi connectivity index (χ0n) is 11.8. The van der Waals surface area contributed by atoms with Crippen molar-refractivity contribution in [2.75, 3.05) is 19.7 Å². The SMILES string of the molecule is CC(N)C1CCCCN1CCOc1ccc(Cl)cc1Cl. The number of benzene rings is 1. The lowest BCUT2D eigenvalue weighted by Crippen LogP contribution is -2.50. The summed E-state index contributed by atoms with van der Waals surface area (Å²) in [6.07, 6.45) is 3.69. The molecule has 0 bridgehead atoms. The lowest BCUT2D eigenvalue weighted by molar-refractivity contribution is 0.109. The first-order valence-corrected chi connectivity index (χ1v) is 7.91. The molecular weight excluding hydrogens is 295 g/mol. The van der Waals surface area contributed by atoms with E-state index in [4.69, 9.17) is 33.7 Å². The van der Waals surface area contributed by atoms with Gasteiger partial charge >= 0.3 is 0 Å². The predicted molar refractivity (Wildman–Crippen MR) is 84.8 cm³/mol. The number of hydrogen-bond acceptors (Lipinski definition) is 3. The van der Waals surface area contributed by atoms with Crippen LogP contribution in [0.2, 0.25) is 10.0 Å². The largest absolute Gasteiger partial charge is 0.491 e. The van der Waals surface area contributed by atoms with Crippen LogP contribution >= 0.6 is 23.2 Å². The molecule has 1 aliphatic heterocycles. The highest BCUT2D eigenvalue weighted by atomic mass is 35.5. The van der Waals surface area contributed by atoms with Gasteiger partial charge in [-0.25, -0.2) is 0 Å². The molecule has 20 heavy (non-hydrogen) atoms. The molecule has 0 amide bonds. The van der Waals surface area contributed by atoms with E-state index in [2.05, 4.69) is 11.8 Å². The van der Waals surface area contributed by atoms with Crippen molar-refractivity contribution in [2.24, 2.45) is 5.73 Å². The Hall–Kier alpha value is -0.480. The van der Waals surface area contributed by atoms with Gasteiger partial charge in [-0.05, 0) is 44.5 Å². The third-order valence-corrected chi connectivity index (χ3v) is 4.33. The number of nitrogens with zero attached hydrogens (tertiary/aromatic N) is 1. The van der Waals surface area contributed by atoms with Gasteiger partial charge in [0.05, 0.1) is 5.02 Å². The van der Waals surface area contributed by atoms with E-state index in [-0.39, 0.29) is 6.04 Å². The highest BCUT2D eigenvalue weighted by Crippen LogP contribution is 2.27. The summed E-state index contributed by atoms with van der Waals surface area (Å²) in [6, 6.07) is 5.96. The van der Waals surface area contributed by atoms with E-state index in [1.807, 2.05) is 6.07 Å². The van der Waals surface area contributed by atoms with E-state index in [1.165, 1.54) is 19.3 Å². The van der Waals surface area contributed by atoms with Gasteiger partial charge in [-0.15, -0.1) is 0 Å². The summed E-state index contributed by atoms with van der Waals surface area (Å²) in [5.74, 6) is 0.686. The fourth-order valence-corrected chi connectivity index (χ4v) is 3.22. The molecule has 1 aliphatic rings. The van der Waals surface area contributed by atoms with Gasteiger partial charge in [0.25, 0.3) is 0 Å². The molecule has 3 nitrogen and oxygen atoms in total. The van der Waals surface area contributed by atoms with Gasteiger partial charge in [0, 0.05) is 23.7 Å². The maximum atomic E-state index is 6.09. The Morgan fingerprint density at radius 1 is 1.40 bits per heavy atom. The van der Waals surface area contributed by atoms with Crippen LogP contribution < -0.4 is 10.5 Å². The second-order valence-electron chi connectivity index (χ2n) is 5.38. The van der Waals surface area contributed by atoms with Crippen LogP contribution in [0.3, 0.4) is 0 Å². The van der Waals surface area contributed by atoms with Crippen molar-refractivity contribution in [1.82, 2.24) is 4.90 Å². The van der Waals surface area contributed by atoms with Gasteiger partial charge in [-0.3, -0.25) is 4.90 Å². The minimum Gasteiger partial charge on any atom is -0.491 e. The average molecular weight is 317 g/mol. The van der Waals surface area contributed by atoms with Crippen LogP contribution in [0.1, 0.15) is 26.2 Å². The Morgan fingerprint density at radius 2 is 2.20 bits per heavy atom. The van der Waals surface area contributed by atoms with E-state index < -0.39 is 0 Å². The number of likely N-dealkylation sites (tertiary alicyclic amines) is 1. The van der Waals surface area contributed by atoms with Crippen LogP contribution in [0.25, 0.3) is 0 Å². The first-order valence-electron chi connectivity index (χ1n) is 7.15. The van der Waals surface area contributed by atoms with Crippen LogP contribution in [0.4, 0.5) is 0 Å². The number of rotatable bonds is 5. The molecule has 0 saturated carbocycles. The minimum atomic E-state index is 0.203. The quantitative estimate of drug-likeness (QED) is 0.902. The minimum absolute atomic E-state index is 0.203. The summed E-state index contributed by atoms with van der Waals surface area (Å²) in [5, 5.41) is 1.18. The van der Waals surface area contributed by atoms with Gasteiger partial charge in [0.1, 0.15) is 12.4 Å². The maximum absolute atomic E-state index is 6.09. The van der Waals surface area contributed by atoms with Crippen LogP contribution in [-0.2, 0) is 0 Å². The Balaban J connectivity index is 1.85. The normalized spacial score (nSPS) is 21.7. The highest BCUT2D eigenvalue weighted by Gasteiger charge is 2.24. The van der Waals surface area contributed by atoms with Gasteiger partial charge in [-0.2, -0.15) is 0 Å². The molecule has 2 N–H and O–H groups in total. The Labute approximate surface area is 131 Å². The van der Waals surface area contributed by atoms with Crippen molar-refractivity contribution in [3.8, 4) is 5.75 Å². The summed E-state index contributed by atoms with van der Waals surface area (Å²) in [4.78, 5) is 2.43. The number of hydrogen-bond donors (Lipinski definition) is 1. The van der Waals surface area contributed by atoms with Crippen LogP contribution in [-0.4, -0.2) is 36.7 Å². The molecule has 2 atom stereocenters. The van der Waals surface area contributed by atoms with E-state index in [1.54, 1.807) is 12.1 Å². The number of piperidine rings is 1. The van der Waals surface area contributed by atoms with Gasteiger partial charge in [0.15, 0.2) is 0 Å². The third kappa shape index (κ3) is 4.26. The average Bonchev–Trinajstić information content (AvgIpc) is 2.41. The molecule has 1 saturated heterocycles. The van der Waals surface area contributed by atoms with Gasteiger partial charge < -0.3 is 10.5 Å². The topological polar surface area (TPSA) is 38.5 Å². The molecule has 5 heteroatoms. The fourth-order valence-electron chi connectivity index (χ4n) is 2.75. The molecule has 1 aromatic rings. The molecular formula is C15H22Cl2N2O. The van der Waals surface area contributed by atoms with Crippen molar-refractivity contribution in [3.05, 3.63) is 28.2 Å². The first-order chi connectivity index (χ1) is 9.58. The standard InChI is InChI=1S/C15H22Cl2N2O/c1-11(18)14-4-2-3-7-19(14)8-9-20-15-6-5-12(16)10-13(15)17/h5-6,10-11,14H,2-4,7-9,18H2,1H3. The van der Waals surface area contributed by atoms with Crippen LogP contribution in [0, 0.1) is 0 Å². The molecule has 1 fully saturated rings. The van der Waals surface area contributed by atoms with E-state index in [9.17, 15) is 0 Å². The fraction of sp³-hybridized carbons (Fsp3) is 0.600. The number of ether oxygens (including phenoxy) is 1. The Morgan fingerprint density at radius 3 is 2.90 bits per heavy atom. The number of halogens is 2. The monoisotopic (exact) mass is 316 g/mol. The van der Waals surface area contributed by atoms with Crippen LogP contribution in [0.5, 0.6) is 5.75 Å². The summed E-state index contributed by atoms with van der Waals surface area (Å²) >= 11 is 12.0. The van der Waals surface area contributed by atoms with Gasteiger partial charge in [0.2, 0.25) is 0 Å². The lowest BCUT2D eigenvalue weighted by atomic mass is 9.97. The summed E-state index contributed by atoms with van der Waals surface area (Å²) in [7, 11) is 0. The number of nitrogens with two attached hydrogens (primary N) is 1. The second-order valence-corrected chi connectivity index (χ2v) is 6.23. The van der Waals surface area contributed by atoms with Crippen molar-refractivity contribution in [1.29, 1.82) is 0 Å². The second kappa shape index (κ2) is 7.51. The summed E-state index contributed by atoms with van der Waals surface area (Å²) < 4.78 is 5.75. The summed E-state index contributed by atoms with van der Waals surface area (Å²) in [5.41, 5.74) is 6.06. The molecule has 2 unspecified atom stereocenters. The molecule has 0 aromatic heterocycles. The third-order valence-electron chi connectivity index (χ3n) is 3.80. The van der Waals surface area contributed by atoms with Crippen molar-refractivity contribution >= 4 is 23.2 Å². The molecule has 0 aliphatic carbocycles. The Bertz CT molecular complexity index is 440.